The summed E-state index contributed by atoms with van der Waals surface area (Å²) in [7, 11) is 4.21. The first-order valence-electron chi connectivity index (χ1n) is 7.41. The lowest BCUT2D eigenvalue weighted by molar-refractivity contribution is -0.117. The monoisotopic (exact) mass is 352 g/mol. The molecule has 1 aromatic carbocycles. The molecule has 1 saturated heterocycles. The van der Waals surface area contributed by atoms with Gasteiger partial charge >= 0.3 is 12.1 Å². The molecular weight excluding hydrogens is 332 g/mol. The van der Waals surface area contributed by atoms with E-state index in [9.17, 15) is 14.4 Å². The van der Waals surface area contributed by atoms with Crippen molar-refractivity contribution in [3.8, 4) is 11.5 Å². The minimum atomic E-state index is -0.801. The van der Waals surface area contributed by atoms with Crippen LogP contribution >= 0.6 is 0 Å². The number of hydrogen-bond donors (Lipinski definition) is 3. The van der Waals surface area contributed by atoms with Gasteiger partial charge < -0.3 is 24.4 Å². The molecule has 0 spiro atoms. The first-order chi connectivity index (χ1) is 12.0. The van der Waals surface area contributed by atoms with E-state index in [1.54, 1.807) is 23.1 Å². The first-order valence-corrected chi connectivity index (χ1v) is 7.41. The molecule has 0 saturated carbocycles. The van der Waals surface area contributed by atoms with Gasteiger partial charge in [-0.25, -0.2) is 20.4 Å². The molecule has 1 aromatic rings. The topological polar surface area (TPSA) is 118 Å². The van der Waals surface area contributed by atoms with Gasteiger partial charge in [0, 0.05) is 24.7 Å². The second-order valence-electron chi connectivity index (χ2n) is 5.16. The van der Waals surface area contributed by atoms with Crippen LogP contribution in [-0.2, 0) is 9.53 Å². The molecule has 25 heavy (non-hydrogen) atoms. The van der Waals surface area contributed by atoms with Crippen molar-refractivity contribution < 1.29 is 28.6 Å². The van der Waals surface area contributed by atoms with Crippen molar-refractivity contribution in [2.24, 2.45) is 0 Å². The molecule has 1 fully saturated rings. The van der Waals surface area contributed by atoms with Crippen molar-refractivity contribution in [2.45, 2.75) is 12.5 Å². The molecule has 10 heteroatoms. The Morgan fingerprint density at radius 1 is 1.12 bits per heavy atom. The summed E-state index contributed by atoms with van der Waals surface area (Å²) in [5, 5.41) is 2.60. The Hall–Kier alpha value is -3.17. The van der Waals surface area contributed by atoms with E-state index in [4.69, 9.17) is 9.47 Å². The molecule has 1 aliphatic heterocycles. The number of amides is 4. The third kappa shape index (κ3) is 4.43. The predicted octanol–water partition coefficient (Wildman–Crippen LogP) is 0.379. The van der Waals surface area contributed by atoms with Crippen LogP contribution < -0.4 is 30.5 Å². The van der Waals surface area contributed by atoms with E-state index in [-0.39, 0.29) is 12.3 Å². The molecule has 0 radical (unpaired) electrons. The third-order valence-corrected chi connectivity index (χ3v) is 3.60. The van der Waals surface area contributed by atoms with Crippen LogP contribution in [0.4, 0.5) is 15.3 Å². The minimum absolute atomic E-state index is 0.139. The molecule has 1 atom stereocenters. The zero-order chi connectivity index (χ0) is 18.4. The fourth-order valence-corrected chi connectivity index (χ4v) is 2.43. The fourth-order valence-electron chi connectivity index (χ4n) is 2.43. The van der Waals surface area contributed by atoms with E-state index in [1.165, 1.54) is 21.3 Å². The number of rotatable bonds is 4. The van der Waals surface area contributed by atoms with Crippen LogP contribution in [0.3, 0.4) is 0 Å². The van der Waals surface area contributed by atoms with Crippen molar-refractivity contribution in [1.29, 1.82) is 0 Å². The predicted molar refractivity (Wildman–Crippen MR) is 87.5 cm³/mol. The summed E-state index contributed by atoms with van der Waals surface area (Å²) in [5.41, 5.74) is 4.80. The summed E-state index contributed by atoms with van der Waals surface area (Å²) in [6, 6.07) is 4.09. The van der Waals surface area contributed by atoms with Crippen molar-refractivity contribution in [2.75, 3.05) is 32.8 Å². The van der Waals surface area contributed by atoms with Crippen LogP contribution in [0.5, 0.6) is 11.5 Å². The van der Waals surface area contributed by atoms with Gasteiger partial charge in [0.15, 0.2) is 11.5 Å². The Labute approximate surface area is 144 Å². The maximum absolute atomic E-state index is 12.2. The number of benzene rings is 1. The summed E-state index contributed by atoms with van der Waals surface area (Å²) < 4.78 is 14.7. The second-order valence-corrected chi connectivity index (χ2v) is 5.16. The van der Waals surface area contributed by atoms with E-state index in [1.807, 2.05) is 5.43 Å². The molecule has 0 bridgehead atoms. The van der Waals surface area contributed by atoms with Crippen LogP contribution in [0.15, 0.2) is 18.2 Å². The highest BCUT2D eigenvalue weighted by Crippen LogP contribution is 2.33. The summed E-state index contributed by atoms with van der Waals surface area (Å²) in [6.07, 6.45) is -0.662. The van der Waals surface area contributed by atoms with Crippen LogP contribution in [0.25, 0.3) is 0 Å². The maximum atomic E-state index is 12.2. The van der Waals surface area contributed by atoms with Crippen molar-refractivity contribution in [3.63, 3.8) is 0 Å². The number of carbonyl (C=O) groups is 3. The van der Waals surface area contributed by atoms with Gasteiger partial charge in [0.05, 0.1) is 27.4 Å². The average molecular weight is 352 g/mol. The molecule has 0 aromatic heterocycles. The van der Waals surface area contributed by atoms with Gasteiger partial charge in [-0.15, -0.1) is 0 Å². The molecule has 2 rings (SSSR count). The number of hydrogen-bond acceptors (Lipinski definition) is 6. The van der Waals surface area contributed by atoms with Gasteiger partial charge in [-0.3, -0.25) is 4.79 Å². The Bertz CT molecular complexity index is 665. The summed E-state index contributed by atoms with van der Waals surface area (Å²) in [5.74, 6) is 0.920. The van der Waals surface area contributed by atoms with E-state index in [0.717, 1.165) is 0 Å². The number of urea groups is 1. The van der Waals surface area contributed by atoms with Crippen molar-refractivity contribution in [3.05, 3.63) is 18.2 Å². The van der Waals surface area contributed by atoms with E-state index < -0.39 is 18.2 Å². The molecule has 10 nitrogen and oxygen atoms in total. The number of ether oxygens (including phenoxy) is 3. The van der Waals surface area contributed by atoms with Gasteiger partial charge in [0.1, 0.15) is 0 Å². The van der Waals surface area contributed by atoms with Crippen molar-refractivity contribution >= 4 is 23.7 Å². The number of methoxy groups -OCH3 is 3. The van der Waals surface area contributed by atoms with E-state index in [0.29, 0.717) is 23.7 Å². The highest BCUT2D eigenvalue weighted by Gasteiger charge is 2.32. The lowest BCUT2D eigenvalue weighted by Gasteiger charge is -2.19. The second kappa shape index (κ2) is 8.08. The molecular formula is C15H20N4O6. The molecule has 0 unspecified atom stereocenters. The molecule has 4 amide bonds. The van der Waals surface area contributed by atoms with Crippen molar-refractivity contribution in [1.82, 2.24) is 16.2 Å². The third-order valence-electron chi connectivity index (χ3n) is 3.60. The van der Waals surface area contributed by atoms with E-state index >= 15 is 0 Å². The molecule has 0 aliphatic carbocycles. The largest absolute Gasteiger partial charge is 0.493 e. The fraction of sp³-hybridized carbons (Fsp3) is 0.400. The van der Waals surface area contributed by atoms with Gasteiger partial charge in [0.25, 0.3) is 0 Å². The molecule has 1 aliphatic rings. The highest BCUT2D eigenvalue weighted by atomic mass is 16.5. The lowest BCUT2D eigenvalue weighted by atomic mass is 10.2. The van der Waals surface area contributed by atoms with Gasteiger partial charge in [-0.05, 0) is 12.1 Å². The van der Waals surface area contributed by atoms with E-state index in [2.05, 4.69) is 15.5 Å². The number of nitrogens with zero attached hydrogens (tertiary/aromatic N) is 1. The van der Waals surface area contributed by atoms with Crippen LogP contribution in [0, 0.1) is 0 Å². The van der Waals surface area contributed by atoms with Gasteiger partial charge in [0.2, 0.25) is 5.91 Å². The van der Waals surface area contributed by atoms with Crippen LogP contribution in [0.2, 0.25) is 0 Å². The van der Waals surface area contributed by atoms with Gasteiger partial charge in [-0.1, -0.05) is 0 Å². The average Bonchev–Trinajstić information content (AvgIpc) is 2.98. The lowest BCUT2D eigenvalue weighted by Crippen LogP contribution is -2.50. The van der Waals surface area contributed by atoms with Crippen LogP contribution in [0.1, 0.15) is 6.42 Å². The molecule has 136 valence electrons. The maximum Gasteiger partial charge on any atom is 0.425 e. The Balaban J connectivity index is 1.98. The summed E-state index contributed by atoms with van der Waals surface area (Å²) in [6.45, 7) is 0.292. The minimum Gasteiger partial charge on any atom is -0.493 e. The normalized spacial score (nSPS) is 16.2. The molecule has 3 N–H and O–H groups in total. The zero-order valence-electron chi connectivity index (χ0n) is 14.1. The van der Waals surface area contributed by atoms with Gasteiger partial charge in [-0.2, -0.15) is 0 Å². The summed E-state index contributed by atoms with van der Waals surface area (Å²) >= 11 is 0. The smallest absolute Gasteiger partial charge is 0.425 e. The Kier molecular flexibility index (Phi) is 5.88. The Morgan fingerprint density at radius 2 is 1.84 bits per heavy atom. The number of carbonyl (C=O) groups excluding carboxylic acids is 3. The quantitative estimate of drug-likeness (QED) is 0.674. The first kappa shape index (κ1) is 18.2. The van der Waals surface area contributed by atoms with Crippen LogP contribution in [-0.4, -0.2) is 51.9 Å². The number of anilines is 1. The number of nitrogens with one attached hydrogen (secondary N) is 3. The zero-order valence-corrected chi connectivity index (χ0v) is 14.1. The Morgan fingerprint density at radius 3 is 2.48 bits per heavy atom. The highest BCUT2D eigenvalue weighted by molar-refractivity contribution is 5.97. The SMILES string of the molecule is COC(=O)NNC(=O)N[C@@H]1CC(=O)N(c2ccc(OC)c(OC)c2)C1. The standard InChI is InChI=1S/C15H20N4O6/c1-23-11-5-4-10(7-12(11)24-2)19-8-9(6-13(19)20)16-14(21)17-18-15(22)25-3/h4-5,7,9H,6,8H2,1-3H3,(H,18,22)(H2,16,17,21)/t9-/m1/s1. The summed E-state index contributed by atoms with van der Waals surface area (Å²) in [4.78, 5) is 36.4. The number of hydrazine groups is 1. The molecule has 1 heterocycles.